The lowest BCUT2D eigenvalue weighted by Crippen LogP contribution is -2.17. The molecule has 1 unspecified atom stereocenters. The Morgan fingerprint density at radius 2 is 2.24 bits per heavy atom. The Morgan fingerprint density at radius 3 is 2.94 bits per heavy atom. The van der Waals surface area contributed by atoms with Crippen molar-refractivity contribution in [3.63, 3.8) is 0 Å². The number of aliphatic hydroxyl groups excluding tert-OH is 2. The number of hydrogen-bond donors (Lipinski definition) is 2. The van der Waals surface area contributed by atoms with Gasteiger partial charge in [0.25, 0.3) is 0 Å². The Hall–Kier alpha value is -1.39. The lowest BCUT2D eigenvalue weighted by molar-refractivity contribution is -0.137. The maximum Gasteiger partial charge on any atom is 0.337 e. The molecule has 0 fully saturated rings. The Morgan fingerprint density at radius 1 is 1.41 bits per heavy atom. The zero-order valence-corrected chi connectivity index (χ0v) is 9.56. The number of benzene rings is 1. The third kappa shape index (κ3) is 2.48. The minimum absolute atomic E-state index is 0.115. The average Bonchev–Trinajstić information content (AvgIpc) is 2.38. The largest absolute Gasteiger partial charge is 0.425 e. The highest BCUT2D eigenvalue weighted by molar-refractivity contribution is 5.74. The zero-order chi connectivity index (χ0) is 12.3. The quantitative estimate of drug-likeness (QED) is 0.607. The van der Waals surface area contributed by atoms with Gasteiger partial charge in [-0.3, -0.25) is 0 Å². The number of carbonyl (C=O) groups is 1. The number of fused-ring (bicyclic) bond motifs is 1. The normalized spacial score (nSPS) is 18.6. The SMILES string of the molecule is O=C(CO)Oc1cccc2c1CCCC2CO. The molecule has 92 valence electrons. The molecule has 1 aromatic carbocycles. The van der Waals surface area contributed by atoms with E-state index in [1.165, 1.54) is 0 Å². The van der Waals surface area contributed by atoms with Gasteiger partial charge in [-0.15, -0.1) is 0 Å². The fraction of sp³-hybridized carbons (Fsp3) is 0.462. The highest BCUT2D eigenvalue weighted by Gasteiger charge is 2.22. The van der Waals surface area contributed by atoms with Crippen LogP contribution in [0.15, 0.2) is 18.2 Å². The van der Waals surface area contributed by atoms with Crippen LogP contribution in [0.2, 0.25) is 0 Å². The first-order valence-corrected chi connectivity index (χ1v) is 5.80. The number of aliphatic hydroxyl groups is 2. The van der Waals surface area contributed by atoms with E-state index >= 15 is 0 Å². The first-order chi connectivity index (χ1) is 8.26. The summed E-state index contributed by atoms with van der Waals surface area (Å²) in [7, 11) is 0. The van der Waals surface area contributed by atoms with Crippen LogP contribution in [-0.2, 0) is 11.2 Å². The second kappa shape index (κ2) is 5.29. The van der Waals surface area contributed by atoms with Crippen molar-refractivity contribution in [2.75, 3.05) is 13.2 Å². The van der Waals surface area contributed by atoms with Gasteiger partial charge in [0, 0.05) is 12.5 Å². The lowest BCUT2D eigenvalue weighted by atomic mass is 9.83. The summed E-state index contributed by atoms with van der Waals surface area (Å²) in [6.45, 7) is -0.502. The van der Waals surface area contributed by atoms with E-state index in [1.807, 2.05) is 12.1 Å². The molecule has 4 heteroatoms. The van der Waals surface area contributed by atoms with Crippen LogP contribution >= 0.6 is 0 Å². The van der Waals surface area contributed by atoms with Gasteiger partial charge in [-0.1, -0.05) is 12.1 Å². The molecule has 17 heavy (non-hydrogen) atoms. The Kier molecular flexibility index (Phi) is 3.76. The maximum absolute atomic E-state index is 11.1. The molecule has 0 aromatic heterocycles. The Balaban J connectivity index is 2.32. The van der Waals surface area contributed by atoms with Gasteiger partial charge in [-0.25, -0.2) is 4.79 Å². The van der Waals surface area contributed by atoms with Crippen molar-refractivity contribution >= 4 is 5.97 Å². The smallest absolute Gasteiger partial charge is 0.337 e. The number of hydrogen-bond acceptors (Lipinski definition) is 4. The van der Waals surface area contributed by atoms with Gasteiger partial charge < -0.3 is 14.9 Å². The summed E-state index contributed by atoms with van der Waals surface area (Å²) in [6, 6.07) is 5.50. The van der Waals surface area contributed by atoms with Gasteiger partial charge in [-0.2, -0.15) is 0 Å². The highest BCUT2D eigenvalue weighted by atomic mass is 16.5. The van der Waals surface area contributed by atoms with Crippen molar-refractivity contribution in [3.05, 3.63) is 29.3 Å². The maximum atomic E-state index is 11.1. The third-order valence-electron chi connectivity index (χ3n) is 3.16. The van der Waals surface area contributed by atoms with Crippen LogP contribution in [0.5, 0.6) is 5.75 Å². The van der Waals surface area contributed by atoms with Crippen LogP contribution in [0.4, 0.5) is 0 Å². The van der Waals surface area contributed by atoms with Gasteiger partial charge >= 0.3 is 5.97 Å². The zero-order valence-electron chi connectivity index (χ0n) is 9.56. The average molecular weight is 236 g/mol. The van der Waals surface area contributed by atoms with E-state index < -0.39 is 12.6 Å². The van der Waals surface area contributed by atoms with Crippen LogP contribution < -0.4 is 4.74 Å². The molecule has 0 radical (unpaired) electrons. The van der Waals surface area contributed by atoms with E-state index in [1.54, 1.807) is 6.07 Å². The van der Waals surface area contributed by atoms with Gasteiger partial charge in [0.15, 0.2) is 0 Å². The van der Waals surface area contributed by atoms with E-state index in [2.05, 4.69) is 0 Å². The molecule has 0 bridgehead atoms. The van der Waals surface area contributed by atoms with E-state index in [-0.39, 0.29) is 12.5 Å². The first-order valence-electron chi connectivity index (χ1n) is 5.80. The van der Waals surface area contributed by atoms with Crippen LogP contribution in [0.3, 0.4) is 0 Å². The first kappa shape index (κ1) is 12.1. The molecule has 1 aromatic rings. The molecule has 1 aliphatic rings. The number of esters is 1. The molecule has 0 aliphatic heterocycles. The highest BCUT2D eigenvalue weighted by Crippen LogP contribution is 2.36. The number of carbonyl (C=O) groups excluding carboxylic acids is 1. The van der Waals surface area contributed by atoms with Crippen LogP contribution in [0.25, 0.3) is 0 Å². The molecule has 0 saturated carbocycles. The number of rotatable bonds is 3. The summed E-state index contributed by atoms with van der Waals surface area (Å²) in [4.78, 5) is 11.1. The van der Waals surface area contributed by atoms with Crippen molar-refractivity contribution in [3.8, 4) is 5.75 Å². The minimum atomic E-state index is -0.649. The summed E-state index contributed by atoms with van der Waals surface area (Å²) in [5.41, 5.74) is 2.04. The second-order valence-corrected chi connectivity index (χ2v) is 4.23. The predicted molar refractivity (Wildman–Crippen MR) is 61.9 cm³/mol. The van der Waals surface area contributed by atoms with Gasteiger partial charge in [0.2, 0.25) is 0 Å². The van der Waals surface area contributed by atoms with Gasteiger partial charge in [0.05, 0.1) is 0 Å². The molecule has 2 N–H and O–H groups in total. The van der Waals surface area contributed by atoms with E-state index in [0.29, 0.717) is 5.75 Å². The van der Waals surface area contributed by atoms with Gasteiger partial charge in [-0.05, 0) is 36.5 Å². The lowest BCUT2D eigenvalue weighted by Gasteiger charge is -2.25. The summed E-state index contributed by atoms with van der Waals surface area (Å²) in [6.07, 6.45) is 2.79. The van der Waals surface area contributed by atoms with Crippen LogP contribution in [0.1, 0.15) is 29.9 Å². The molecular weight excluding hydrogens is 220 g/mol. The Bertz CT molecular complexity index is 414. The molecule has 4 nitrogen and oxygen atoms in total. The summed E-state index contributed by atoms with van der Waals surface area (Å²) in [5, 5.41) is 18.0. The van der Waals surface area contributed by atoms with Crippen molar-refractivity contribution in [1.29, 1.82) is 0 Å². The van der Waals surface area contributed by atoms with E-state index in [9.17, 15) is 9.90 Å². The molecule has 1 aliphatic carbocycles. The second-order valence-electron chi connectivity index (χ2n) is 4.23. The van der Waals surface area contributed by atoms with E-state index in [0.717, 1.165) is 30.4 Å². The van der Waals surface area contributed by atoms with Crippen LogP contribution in [0, 0.1) is 0 Å². The molecular formula is C13H16O4. The molecule has 2 rings (SSSR count). The van der Waals surface area contributed by atoms with Crippen molar-refractivity contribution < 1.29 is 19.7 Å². The molecule has 0 heterocycles. The molecule has 1 atom stereocenters. The number of ether oxygens (including phenoxy) is 1. The third-order valence-corrected chi connectivity index (χ3v) is 3.16. The Labute approximate surface area is 99.8 Å². The molecule has 0 spiro atoms. The van der Waals surface area contributed by atoms with Gasteiger partial charge in [0.1, 0.15) is 12.4 Å². The topological polar surface area (TPSA) is 66.8 Å². The monoisotopic (exact) mass is 236 g/mol. The summed E-state index contributed by atoms with van der Waals surface area (Å²) < 4.78 is 5.08. The van der Waals surface area contributed by atoms with E-state index in [4.69, 9.17) is 9.84 Å². The summed E-state index contributed by atoms with van der Waals surface area (Å²) >= 11 is 0. The fourth-order valence-corrected chi connectivity index (χ4v) is 2.35. The molecule has 0 amide bonds. The standard InChI is InChI=1S/C13H16O4/c14-7-9-3-1-5-11-10(9)4-2-6-12(11)17-13(16)8-15/h2,4,6,9,14-15H,1,3,5,7-8H2. The minimum Gasteiger partial charge on any atom is -0.425 e. The summed E-state index contributed by atoms with van der Waals surface area (Å²) in [5.74, 6) is -0.00393. The van der Waals surface area contributed by atoms with Crippen molar-refractivity contribution in [1.82, 2.24) is 0 Å². The van der Waals surface area contributed by atoms with Crippen LogP contribution in [-0.4, -0.2) is 29.4 Å². The molecule has 0 saturated heterocycles. The van der Waals surface area contributed by atoms with Crippen molar-refractivity contribution in [2.45, 2.75) is 25.2 Å². The van der Waals surface area contributed by atoms with Crippen molar-refractivity contribution in [2.24, 2.45) is 0 Å². The predicted octanol–water partition coefficient (Wildman–Crippen LogP) is 0.997. The fourth-order valence-electron chi connectivity index (χ4n) is 2.35.